The average molecular weight is 466 g/mol. The van der Waals surface area contributed by atoms with Crippen molar-refractivity contribution in [3.63, 3.8) is 0 Å². The molecule has 0 bridgehead atoms. The van der Waals surface area contributed by atoms with Gasteiger partial charge in [0.25, 0.3) is 0 Å². The smallest absolute Gasteiger partial charge is 0.357 e. The van der Waals surface area contributed by atoms with Crippen LogP contribution in [0.15, 0.2) is 0 Å². The third kappa shape index (κ3) is 5.74. The summed E-state index contributed by atoms with van der Waals surface area (Å²) in [6.45, 7) is 0. The lowest BCUT2D eigenvalue weighted by Gasteiger charge is -2.32. The summed E-state index contributed by atoms with van der Waals surface area (Å²) in [5, 5.41) is 3.09. The van der Waals surface area contributed by atoms with E-state index in [2.05, 4.69) is 0 Å². The van der Waals surface area contributed by atoms with Crippen LogP contribution in [0.2, 0.25) is 0 Å². The number of nitrogens with two attached hydrogens (primary N) is 2. The number of hydrogen-bond donors (Lipinski definition) is 11. The minimum absolute atomic E-state index is 0.773. The largest absolute Gasteiger partial charge is 0.393 e. The highest BCUT2D eigenvalue weighted by atomic mass is 31.2. The molecule has 15 nitrogen and oxygen atoms in total. The summed E-state index contributed by atoms with van der Waals surface area (Å²) < 4.78 is 45.0. The van der Waals surface area contributed by atoms with Crippen LogP contribution in [0.25, 0.3) is 0 Å². The van der Waals surface area contributed by atoms with E-state index in [9.17, 15) is 23.4 Å². The van der Waals surface area contributed by atoms with Crippen LogP contribution in [0.4, 0.5) is 0 Å². The molecule has 158 valence electrons. The van der Waals surface area contributed by atoms with Crippen molar-refractivity contribution in [2.75, 3.05) is 0 Å². The molecule has 0 aliphatic rings. The van der Waals surface area contributed by atoms with Crippen molar-refractivity contribution < 1.29 is 62.5 Å². The summed E-state index contributed by atoms with van der Waals surface area (Å²) in [6.07, 6.45) is -5.49. The van der Waals surface area contributed by atoms with Crippen LogP contribution in [-0.2, 0) is 18.3 Å². The molecule has 0 aliphatic carbocycles. The lowest BCUT2D eigenvalue weighted by atomic mass is 10.1. The first kappa shape index (κ1) is 26.5. The molecular formula is C7H22N2O13P4. The fraction of sp³-hybridized carbons (Fsp3) is 1.00. The molecule has 0 spiro atoms. The molecule has 0 fully saturated rings. The number of aliphatic hydroxyl groups excluding tert-OH is 1. The zero-order valence-electron chi connectivity index (χ0n) is 13.0. The lowest BCUT2D eigenvalue weighted by Crippen LogP contribution is -2.41. The molecule has 19 heteroatoms. The van der Waals surface area contributed by atoms with Gasteiger partial charge in [-0.1, -0.05) is 0 Å². The second kappa shape index (κ2) is 8.08. The Bertz CT molecular complexity index is 585. The second-order valence-electron chi connectivity index (χ2n) is 5.66. The average Bonchev–Trinajstić information content (AvgIpc) is 2.36. The molecule has 0 saturated carbocycles. The molecule has 0 rings (SSSR count). The van der Waals surface area contributed by atoms with Crippen LogP contribution in [-0.4, -0.2) is 60.4 Å². The molecule has 0 aromatic carbocycles. The topological polar surface area (TPSA) is 302 Å². The third-order valence-corrected chi connectivity index (χ3v) is 11.8. The Morgan fingerprint density at radius 3 is 0.962 bits per heavy atom. The summed E-state index contributed by atoms with van der Waals surface area (Å²) in [7, 11) is -22.2. The fourth-order valence-electron chi connectivity index (χ4n) is 1.82. The van der Waals surface area contributed by atoms with Crippen LogP contribution in [0, 0.1) is 0 Å². The molecule has 0 saturated heterocycles. The van der Waals surface area contributed by atoms with Gasteiger partial charge in [-0.05, 0) is 25.7 Å². The maximum Gasteiger partial charge on any atom is 0.357 e. The highest BCUT2D eigenvalue weighted by molar-refractivity contribution is 7.72. The Morgan fingerprint density at radius 2 is 0.808 bits per heavy atom. The van der Waals surface area contributed by atoms with E-state index >= 15 is 0 Å². The molecule has 13 N–H and O–H groups in total. The molecule has 0 atom stereocenters. The maximum absolute atomic E-state index is 11.3. The van der Waals surface area contributed by atoms with Gasteiger partial charge < -0.3 is 55.7 Å². The number of rotatable bonds is 10. The zero-order chi connectivity index (χ0) is 21.4. The Kier molecular flexibility index (Phi) is 8.23. The zero-order valence-corrected chi connectivity index (χ0v) is 16.6. The van der Waals surface area contributed by atoms with Crippen molar-refractivity contribution >= 4 is 30.4 Å². The molecule has 0 aliphatic heterocycles. The second-order valence-corrected chi connectivity index (χ2v) is 13.9. The third-order valence-electron chi connectivity index (χ3n) is 3.71. The lowest BCUT2D eigenvalue weighted by molar-refractivity contribution is 0.140. The minimum atomic E-state index is -5.54. The summed E-state index contributed by atoms with van der Waals surface area (Å²) in [5.74, 6) is 0. The standard InChI is InChI=1S/C7H22N2O13P4/c8-6(23(11,12)13,24(14,15)16)3-1-5(10)2-4-7(9,25(17,18)19)26(20,21)22/h5,10H,1-4,8-9H2,(H2,11,12,13)(H2,14,15,16)(H2,17,18,19)(H2,20,21,22). The van der Waals surface area contributed by atoms with E-state index in [0.717, 1.165) is 0 Å². The molecule has 0 aromatic rings. The maximum atomic E-state index is 11.3. The van der Waals surface area contributed by atoms with Crippen molar-refractivity contribution in [3.8, 4) is 0 Å². The summed E-state index contributed by atoms with van der Waals surface area (Å²) in [4.78, 5) is 72.4. The molecule has 0 unspecified atom stereocenters. The van der Waals surface area contributed by atoms with Crippen molar-refractivity contribution in [1.82, 2.24) is 0 Å². The quantitative estimate of drug-likeness (QED) is 0.153. The van der Waals surface area contributed by atoms with Crippen LogP contribution in [0.3, 0.4) is 0 Å². The predicted octanol–water partition coefficient (Wildman–Crippen LogP) is -2.16. The van der Waals surface area contributed by atoms with E-state index < -0.39 is 72.2 Å². The number of hydrogen-bond acceptors (Lipinski definition) is 7. The molecule has 26 heavy (non-hydrogen) atoms. The van der Waals surface area contributed by atoms with Gasteiger partial charge in [0.2, 0.25) is 10.0 Å². The Balaban J connectivity index is 5.26. The summed E-state index contributed by atoms with van der Waals surface area (Å²) in [5.41, 5.74) is 10.2. The van der Waals surface area contributed by atoms with Gasteiger partial charge in [0, 0.05) is 0 Å². The van der Waals surface area contributed by atoms with Crippen LogP contribution in [0.1, 0.15) is 25.7 Å². The highest BCUT2D eigenvalue weighted by Crippen LogP contribution is 2.69. The fourth-order valence-corrected chi connectivity index (χ4v) is 6.22. The molecule has 0 heterocycles. The predicted molar refractivity (Wildman–Crippen MR) is 86.5 cm³/mol. The molecule has 0 aromatic heterocycles. The Labute approximate surface area is 147 Å². The first-order valence-electron chi connectivity index (χ1n) is 6.58. The van der Waals surface area contributed by atoms with Crippen LogP contribution in [0.5, 0.6) is 0 Å². The highest BCUT2D eigenvalue weighted by Gasteiger charge is 2.58. The van der Waals surface area contributed by atoms with Gasteiger partial charge >= 0.3 is 30.4 Å². The molecular weight excluding hydrogens is 444 g/mol. The van der Waals surface area contributed by atoms with E-state index in [4.69, 9.17) is 50.6 Å². The Hall–Kier alpha value is 0.480. The van der Waals surface area contributed by atoms with Crippen LogP contribution < -0.4 is 11.5 Å². The first-order chi connectivity index (χ1) is 11.1. The minimum Gasteiger partial charge on any atom is -0.393 e. The Morgan fingerprint density at radius 1 is 0.615 bits per heavy atom. The normalized spacial score (nSPS) is 15.5. The van der Waals surface area contributed by atoms with Gasteiger partial charge in [0.1, 0.15) is 0 Å². The SMILES string of the molecule is NC(CCC(O)CCC(N)(P(=O)(O)O)P(=O)(O)O)(P(=O)(O)O)P(=O)(O)O. The van der Waals surface area contributed by atoms with E-state index in [0.29, 0.717) is 0 Å². The van der Waals surface area contributed by atoms with Gasteiger partial charge in [0.15, 0.2) is 0 Å². The summed E-state index contributed by atoms with van der Waals surface area (Å²) in [6, 6.07) is 0. The number of aliphatic hydroxyl groups is 1. The van der Waals surface area contributed by atoms with Gasteiger partial charge in [-0.3, -0.25) is 18.3 Å². The monoisotopic (exact) mass is 466 g/mol. The first-order valence-corrected chi connectivity index (χ1v) is 13.0. The summed E-state index contributed by atoms with van der Waals surface area (Å²) >= 11 is 0. The van der Waals surface area contributed by atoms with Gasteiger partial charge in [-0.25, -0.2) is 0 Å². The van der Waals surface area contributed by atoms with Crippen LogP contribution >= 0.6 is 30.4 Å². The van der Waals surface area contributed by atoms with E-state index in [1.54, 1.807) is 0 Å². The van der Waals surface area contributed by atoms with Gasteiger partial charge in [-0.2, -0.15) is 0 Å². The van der Waals surface area contributed by atoms with E-state index in [1.807, 2.05) is 0 Å². The van der Waals surface area contributed by atoms with Gasteiger partial charge in [0.05, 0.1) is 6.10 Å². The van der Waals surface area contributed by atoms with Crippen molar-refractivity contribution in [1.29, 1.82) is 0 Å². The van der Waals surface area contributed by atoms with E-state index in [-0.39, 0.29) is 0 Å². The van der Waals surface area contributed by atoms with Crippen molar-refractivity contribution in [2.45, 2.75) is 41.8 Å². The van der Waals surface area contributed by atoms with Gasteiger partial charge in [-0.15, -0.1) is 0 Å². The van der Waals surface area contributed by atoms with Crippen molar-refractivity contribution in [3.05, 3.63) is 0 Å². The van der Waals surface area contributed by atoms with Crippen molar-refractivity contribution in [2.24, 2.45) is 11.5 Å². The molecule has 0 radical (unpaired) electrons. The van der Waals surface area contributed by atoms with E-state index in [1.165, 1.54) is 0 Å². The molecule has 0 amide bonds.